The van der Waals surface area contributed by atoms with Gasteiger partial charge < -0.3 is 20.6 Å². The Labute approximate surface area is 201 Å². The summed E-state index contributed by atoms with van der Waals surface area (Å²) in [6, 6.07) is -0.909. The third-order valence-electron chi connectivity index (χ3n) is 8.45. The number of aliphatic hydroxyl groups excluding tert-OH is 2. The molecule has 3 aliphatic carbocycles. The number of rotatable bonds is 6. The summed E-state index contributed by atoms with van der Waals surface area (Å²) < 4.78 is 0. The van der Waals surface area contributed by atoms with Crippen LogP contribution < -0.4 is 5.32 Å². The zero-order chi connectivity index (χ0) is 24.2. The number of carbonyl (C=O) groups excluding carboxylic acids is 2. The van der Waals surface area contributed by atoms with Crippen LogP contribution in [0.2, 0.25) is 0 Å². The number of hydrogen-bond donors (Lipinski definition) is 4. The number of nitrogens with zero attached hydrogens (tertiary/aromatic N) is 2. The molecule has 4 aliphatic rings. The van der Waals surface area contributed by atoms with E-state index in [4.69, 9.17) is 5.11 Å². The number of hydrogen-bond acceptors (Lipinski definition) is 5. The summed E-state index contributed by atoms with van der Waals surface area (Å²) in [5.74, 6) is -1.23. The molecule has 1 heterocycles. The Hall–Kier alpha value is -2.29. The molecule has 0 radical (unpaired) electrons. The van der Waals surface area contributed by atoms with Crippen molar-refractivity contribution in [2.45, 2.75) is 108 Å². The van der Waals surface area contributed by atoms with Gasteiger partial charge in [0.25, 0.3) is 5.91 Å². The molecule has 0 aromatic heterocycles. The van der Waals surface area contributed by atoms with E-state index in [1.807, 2.05) is 0 Å². The van der Waals surface area contributed by atoms with Crippen LogP contribution in [0.25, 0.3) is 0 Å². The normalized spacial score (nSPS) is 29.9. The standard InChI is InChI=1S/C25H39N3O6/c29-20(30)15-26-22(31)21-23(32)27(18-9-5-2-6-10-18)25(34)28(24(21)33)19-13-11-17(12-14-19)16-7-3-1-4-8-16/h16-19,23,32-33H,1-15H2,(H,26,31)(H,29,30). The van der Waals surface area contributed by atoms with E-state index in [-0.39, 0.29) is 17.7 Å². The van der Waals surface area contributed by atoms with Crippen molar-refractivity contribution in [3.63, 3.8) is 0 Å². The second kappa shape index (κ2) is 11.0. The lowest BCUT2D eigenvalue weighted by atomic mass is 9.72. The smallest absolute Gasteiger partial charge is 0.329 e. The molecule has 3 saturated carbocycles. The van der Waals surface area contributed by atoms with Gasteiger partial charge in [0.05, 0.1) is 0 Å². The van der Waals surface area contributed by atoms with Crippen LogP contribution >= 0.6 is 0 Å². The van der Waals surface area contributed by atoms with E-state index < -0.39 is 36.6 Å². The third kappa shape index (κ3) is 5.19. The van der Waals surface area contributed by atoms with Gasteiger partial charge in [0.15, 0.2) is 6.23 Å². The fourth-order valence-electron chi connectivity index (χ4n) is 6.65. The van der Waals surface area contributed by atoms with Gasteiger partial charge in [-0.25, -0.2) is 4.79 Å². The van der Waals surface area contributed by atoms with Gasteiger partial charge >= 0.3 is 12.0 Å². The van der Waals surface area contributed by atoms with Gasteiger partial charge in [-0.1, -0.05) is 51.4 Å². The monoisotopic (exact) mass is 477 g/mol. The molecule has 4 N–H and O–H groups in total. The molecule has 4 rings (SSSR count). The van der Waals surface area contributed by atoms with Crippen LogP contribution in [0.15, 0.2) is 11.5 Å². The second-order valence-electron chi connectivity index (χ2n) is 10.5. The minimum atomic E-state index is -1.60. The number of nitrogens with one attached hydrogen (secondary N) is 1. The third-order valence-corrected chi connectivity index (χ3v) is 8.45. The van der Waals surface area contributed by atoms with Gasteiger partial charge in [-0.05, 0) is 50.4 Å². The molecule has 3 amide bonds. The molecule has 1 unspecified atom stereocenters. The minimum Gasteiger partial charge on any atom is -0.494 e. The Bertz CT molecular complexity index is 794. The fraction of sp³-hybridized carbons (Fsp3) is 0.800. The van der Waals surface area contributed by atoms with Gasteiger partial charge in [0.2, 0.25) is 5.88 Å². The molecule has 1 aliphatic heterocycles. The first-order valence-electron chi connectivity index (χ1n) is 13.1. The number of aliphatic carboxylic acids is 1. The summed E-state index contributed by atoms with van der Waals surface area (Å²) in [7, 11) is 0. The Balaban J connectivity index is 1.56. The molecule has 190 valence electrons. The lowest BCUT2D eigenvalue weighted by Crippen LogP contribution is -2.61. The van der Waals surface area contributed by atoms with Gasteiger partial charge in [-0.2, -0.15) is 0 Å². The lowest BCUT2D eigenvalue weighted by Gasteiger charge is -2.47. The molecule has 9 nitrogen and oxygen atoms in total. The predicted molar refractivity (Wildman–Crippen MR) is 125 cm³/mol. The van der Waals surface area contributed by atoms with Gasteiger partial charge in [0.1, 0.15) is 12.1 Å². The Morgan fingerprint density at radius 2 is 1.38 bits per heavy atom. The summed E-state index contributed by atoms with van der Waals surface area (Å²) in [5, 5.41) is 33.3. The van der Waals surface area contributed by atoms with E-state index in [1.54, 1.807) is 0 Å². The first kappa shape index (κ1) is 24.8. The highest BCUT2D eigenvalue weighted by Gasteiger charge is 2.47. The van der Waals surface area contributed by atoms with Crippen LogP contribution in [0.1, 0.15) is 89.9 Å². The van der Waals surface area contributed by atoms with Crippen molar-refractivity contribution in [3.8, 4) is 0 Å². The summed E-state index contributed by atoms with van der Waals surface area (Å²) >= 11 is 0. The van der Waals surface area contributed by atoms with Crippen LogP contribution in [0.3, 0.4) is 0 Å². The number of amides is 3. The first-order chi connectivity index (χ1) is 16.4. The molecule has 9 heteroatoms. The molecule has 0 spiro atoms. The maximum atomic E-state index is 13.6. The van der Waals surface area contributed by atoms with Crippen LogP contribution in [0.4, 0.5) is 4.79 Å². The molecular weight excluding hydrogens is 438 g/mol. The average Bonchev–Trinajstić information content (AvgIpc) is 2.84. The number of urea groups is 1. The van der Waals surface area contributed by atoms with Crippen molar-refractivity contribution in [1.29, 1.82) is 0 Å². The predicted octanol–water partition coefficient (Wildman–Crippen LogP) is 3.48. The lowest BCUT2D eigenvalue weighted by molar-refractivity contribution is -0.138. The van der Waals surface area contributed by atoms with Crippen molar-refractivity contribution >= 4 is 17.9 Å². The summed E-state index contributed by atoms with van der Waals surface area (Å²) in [4.78, 5) is 40.1. The summed E-state index contributed by atoms with van der Waals surface area (Å²) in [5.41, 5.74) is -0.333. The number of carboxylic acids is 1. The zero-order valence-electron chi connectivity index (χ0n) is 20.0. The van der Waals surface area contributed by atoms with E-state index in [0.717, 1.165) is 63.7 Å². The molecule has 0 bridgehead atoms. The Kier molecular flexibility index (Phi) is 8.01. The summed E-state index contributed by atoms with van der Waals surface area (Å²) in [6.45, 7) is -0.633. The SMILES string of the molecule is O=C(O)CNC(=O)C1=C(O)N(C2CCC(C3CCCCC3)CC2)C(=O)N(C2CCCCC2)C1O. The zero-order valence-corrected chi connectivity index (χ0v) is 20.0. The quantitative estimate of drug-likeness (QED) is 0.463. The molecule has 0 aromatic carbocycles. The molecule has 1 atom stereocenters. The van der Waals surface area contributed by atoms with Crippen molar-refractivity contribution in [2.75, 3.05) is 6.54 Å². The first-order valence-corrected chi connectivity index (χ1v) is 13.1. The molecule has 34 heavy (non-hydrogen) atoms. The number of carboxylic acid groups (broad SMARTS) is 1. The highest BCUT2D eigenvalue weighted by molar-refractivity contribution is 5.98. The fourth-order valence-corrected chi connectivity index (χ4v) is 6.65. The van der Waals surface area contributed by atoms with Crippen molar-refractivity contribution < 1.29 is 29.7 Å². The van der Waals surface area contributed by atoms with Crippen molar-refractivity contribution in [3.05, 3.63) is 11.5 Å². The average molecular weight is 478 g/mol. The van der Waals surface area contributed by atoms with Crippen LogP contribution in [-0.2, 0) is 9.59 Å². The van der Waals surface area contributed by atoms with Crippen LogP contribution in [0.5, 0.6) is 0 Å². The number of aliphatic hydroxyl groups is 2. The Morgan fingerprint density at radius 3 is 1.97 bits per heavy atom. The maximum Gasteiger partial charge on any atom is 0.329 e. The molecular formula is C25H39N3O6. The van der Waals surface area contributed by atoms with Crippen LogP contribution in [-0.4, -0.2) is 67.9 Å². The Morgan fingerprint density at radius 1 is 0.824 bits per heavy atom. The van der Waals surface area contributed by atoms with E-state index in [9.17, 15) is 24.6 Å². The van der Waals surface area contributed by atoms with Crippen molar-refractivity contribution in [2.24, 2.45) is 11.8 Å². The van der Waals surface area contributed by atoms with E-state index >= 15 is 0 Å². The van der Waals surface area contributed by atoms with Gasteiger partial charge in [0, 0.05) is 12.1 Å². The van der Waals surface area contributed by atoms with Crippen molar-refractivity contribution in [1.82, 2.24) is 15.1 Å². The van der Waals surface area contributed by atoms with Crippen LogP contribution in [0, 0.1) is 11.8 Å². The van der Waals surface area contributed by atoms with Gasteiger partial charge in [-0.15, -0.1) is 0 Å². The van der Waals surface area contributed by atoms with Gasteiger partial charge in [-0.3, -0.25) is 19.4 Å². The van der Waals surface area contributed by atoms with E-state index in [2.05, 4.69) is 5.32 Å². The minimum absolute atomic E-state index is 0.215. The highest BCUT2D eigenvalue weighted by atomic mass is 16.4. The van der Waals surface area contributed by atoms with E-state index in [0.29, 0.717) is 5.92 Å². The largest absolute Gasteiger partial charge is 0.494 e. The summed E-state index contributed by atoms with van der Waals surface area (Å²) in [6.07, 6.45) is 12.7. The molecule has 0 aromatic rings. The molecule has 3 fully saturated rings. The number of carbonyl (C=O) groups is 3. The highest BCUT2D eigenvalue weighted by Crippen LogP contribution is 2.41. The van der Waals surface area contributed by atoms with E-state index in [1.165, 1.54) is 41.9 Å². The molecule has 0 saturated heterocycles. The second-order valence-corrected chi connectivity index (χ2v) is 10.5. The topological polar surface area (TPSA) is 130 Å². The maximum absolute atomic E-state index is 13.6.